The van der Waals surface area contributed by atoms with Crippen molar-refractivity contribution >= 4 is 56.1 Å². The lowest BCUT2D eigenvalue weighted by molar-refractivity contribution is 0.198. The lowest BCUT2D eigenvalue weighted by Gasteiger charge is -2.36. The first-order chi connectivity index (χ1) is 26.9. The number of aromatic hydroxyl groups is 1. The molecule has 15 nitrogen and oxygen atoms in total. The quantitative estimate of drug-likeness (QED) is 0.172. The highest BCUT2D eigenvalue weighted by molar-refractivity contribution is 6.74. The van der Waals surface area contributed by atoms with E-state index in [9.17, 15) is 14.7 Å². The minimum atomic E-state index is -1.90. The van der Waals surface area contributed by atoms with Crippen molar-refractivity contribution in [2.75, 3.05) is 86.0 Å². The summed E-state index contributed by atoms with van der Waals surface area (Å²) in [6.45, 7) is 18.6. The fourth-order valence-electron chi connectivity index (χ4n) is 5.67. The summed E-state index contributed by atoms with van der Waals surface area (Å²) in [6, 6.07) is 18.1. The average molecular weight is 821 g/mol. The topological polar surface area (TPSA) is 161 Å². The van der Waals surface area contributed by atoms with Crippen LogP contribution >= 0.6 is 12.4 Å². The van der Waals surface area contributed by atoms with E-state index in [-0.39, 0.29) is 35.3 Å². The molecule has 7 heterocycles. The van der Waals surface area contributed by atoms with Crippen LogP contribution in [-0.4, -0.2) is 121 Å². The fraction of sp³-hybridized carbons (Fsp3) is 0.450. The predicted molar refractivity (Wildman–Crippen MR) is 229 cm³/mol. The van der Waals surface area contributed by atoms with Crippen molar-refractivity contribution in [3.05, 3.63) is 85.5 Å². The van der Waals surface area contributed by atoms with Gasteiger partial charge >= 0.3 is 12.1 Å². The second-order valence-corrected chi connectivity index (χ2v) is 19.9. The molecule has 0 bridgehead atoms. The van der Waals surface area contributed by atoms with E-state index in [1.54, 1.807) is 40.5 Å². The van der Waals surface area contributed by atoms with Gasteiger partial charge in [-0.3, -0.25) is 10.6 Å². The molecule has 0 radical (unpaired) electrons. The van der Waals surface area contributed by atoms with Crippen LogP contribution in [0.2, 0.25) is 18.1 Å². The van der Waals surface area contributed by atoms with Crippen molar-refractivity contribution in [2.45, 2.75) is 51.7 Å². The Morgan fingerprint density at radius 3 is 1.51 bits per heavy atom. The summed E-state index contributed by atoms with van der Waals surface area (Å²) < 4.78 is 11.2. The molecule has 0 unspecified atom stereocenters. The number of anilines is 4. The first-order valence-electron chi connectivity index (χ1n) is 19.2. The Labute approximate surface area is 343 Å². The van der Waals surface area contributed by atoms with Gasteiger partial charge in [-0.2, -0.15) is 0 Å². The molecule has 308 valence electrons. The molecule has 0 saturated carbocycles. The number of pyridine rings is 4. The smallest absolute Gasteiger partial charge is 0.323 e. The highest BCUT2D eigenvalue weighted by Crippen LogP contribution is 2.37. The van der Waals surface area contributed by atoms with Crippen LogP contribution in [0.3, 0.4) is 0 Å². The number of piperazine rings is 2. The third-order valence-electron chi connectivity index (χ3n) is 10.0. The molecule has 4 aromatic rings. The fourth-order valence-corrected chi connectivity index (χ4v) is 6.68. The van der Waals surface area contributed by atoms with Gasteiger partial charge in [-0.05, 0) is 79.5 Å². The van der Waals surface area contributed by atoms with Crippen molar-refractivity contribution in [1.29, 1.82) is 0 Å². The number of ether oxygens (including phenoxy) is 1. The maximum absolute atomic E-state index is 12.6. The Morgan fingerprint density at radius 1 is 0.684 bits per heavy atom. The number of nitrogens with zero attached hydrogens (tertiary/aromatic N) is 8. The van der Waals surface area contributed by atoms with Gasteiger partial charge < -0.3 is 33.9 Å². The van der Waals surface area contributed by atoms with E-state index in [4.69, 9.17) is 9.16 Å². The molecule has 0 aromatic carbocycles. The van der Waals surface area contributed by atoms with Gasteiger partial charge in [0.25, 0.3) is 8.32 Å². The van der Waals surface area contributed by atoms with Gasteiger partial charge in [0.05, 0.1) is 12.4 Å². The van der Waals surface area contributed by atoms with Crippen LogP contribution in [0.25, 0.3) is 0 Å². The molecule has 4 amide bonds. The molecule has 57 heavy (non-hydrogen) atoms. The summed E-state index contributed by atoms with van der Waals surface area (Å²) in [5.41, 5.74) is 0. The van der Waals surface area contributed by atoms with E-state index in [2.05, 4.69) is 74.2 Å². The standard InChI is InChI=1S/C21H31N5O2Si.C15H17N5O2.C4H8O.ClH/c1-21(2,3)29(4,5)28-17-9-10-18(23-16-17)24-20(27)26-14-12-25(13-15-26)19-8-6-7-11-22-19;21-12-4-5-13(17-11-12)18-15(22)20-9-7-19(8-10-20)14-3-1-2-6-16-14;1-2-4-5-3-1;/h6-11,16H,12-15H2,1-5H3,(H,23,24,27);1-6,11,21H,7-10H2,(H,17,18,22);1-4H2;1H. The Balaban J connectivity index is 0.000000227. The summed E-state index contributed by atoms with van der Waals surface area (Å²) in [6.07, 6.45) is 9.10. The van der Waals surface area contributed by atoms with Crippen LogP contribution in [-0.2, 0) is 4.74 Å². The number of halogens is 1. The number of rotatable bonds is 6. The number of hydrogen-bond donors (Lipinski definition) is 3. The van der Waals surface area contributed by atoms with Crippen LogP contribution in [0.1, 0.15) is 33.6 Å². The van der Waals surface area contributed by atoms with Crippen LogP contribution in [0.5, 0.6) is 11.5 Å². The number of nitrogens with one attached hydrogen (secondary N) is 2. The first-order valence-corrected chi connectivity index (χ1v) is 22.1. The minimum Gasteiger partial charge on any atom is -0.542 e. The molecule has 3 N–H and O–H groups in total. The lowest BCUT2D eigenvalue weighted by Crippen LogP contribution is -2.50. The number of aromatic nitrogens is 4. The van der Waals surface area contributed by atoms with Crippen LogP contribution in [0, 0.1) is 0 Å². The average Bonchev–Trinajstić information content (AvgIpc) is 3.81. The Kier molecular flexibility index (Phi) is 16.7. The highest BCUT2D eigenvalue weighted by atomic mass is 35.5. The van der Waals surface area contributed by atoms with Crippen molar-refractivity contribution < 1.29 is 23.9 Å². The van der Waals surface area contributed by atoms with Crippen LogP contribution in [0.15, 0.2) is 85.5 Å². The Bertz CT molecular complexity index is 1780. The van der Waals surface area contributed by atoms with Gasteiger partial charge in [-0.1, -0.05) is 32.9 Å². The van der Waals surface area contributed by atoms with Gasteiger partial charge in [-0.25, -0.2) is 29.5 Å². The molecule has 0 aliphatic carbocycles. The van der Waals surface area contributed by atoms with Gasteiger partial charge in [0, 0.05) is 78.0 Å². The molecule has 0 atom stereocenters. The van der Waals surface area contributed by atoms with E-state index in [0.29, 0.717) is 37.8 Å². The van der Waals surface area contributed by atoms with Gasteiger partial charge in [-0.15, -0.1) is 12.4 Å². The summed E-state index contributed by atoms with van der Waals surface area (Å²) in [5.74, 6) is 3.66. The third-order valence-corrected chi connectivity index (χ3v) is 14.4. The zero-order chi connectivity index (χ0) is 40.0. The first kappa shape index (κ1) is 44.5. The molecule has 7 rings (SSSR count). The van der Waals surface area contributed by atoms with E-state index < -0.39 is 8.32 Å². The van der Waals surface area contributed by atoms with Crippen LogP contribution in [0.4, 0.5) is 32.9 Å². The zero-order valence-electron chi connectivity index (χ0n) is 33.6. The lowest BCUT2D eigenvalue weighted by atomic mass is 10.2. The Morgan fingerprint density at radius 2 is 1.16 bits per heavy atom. The van der Waals surface area contributed by atoms with Gasteiger partial charge in [0.1, 0.15) is 34.8 Å². The van der Waals surface area contributed by atoms with Crippen molar-refractivity contribution in [2.24, 2.45) is 0 Å². The zero-order valence-corrected chi connectivity index (χ0v) is 35.5. The molecular weight excluding hydrogens is 764 g/mol. The highest BCUT2D eigenvalue weighted by Gasteiger charge is 2.39. The molecular formula is C40H57ClN10O5Si. The molecule has 17 heteroatoms. The molecule has 3 aliphatic heterocycles. The number of amides is 4. The number of hydrogen-bond acceptors (Lipinski definition) is 11. The second kappa shape index (κ2) is 21.4. The molecule has 3 saturated heterocycles. The monoisotopic (exact) mass is 820 g/mol. The number of carbonyl (C=O) groups excluding carboxylic acids is 2. The van der Waals surface area contributed by atoms with Crippen LogP contribution < -0.4 is 24.9 Å². The molecule has 3 aliphatic rings. The number of carbonyl (C=O) groups is 2. The molecule has 0 spiro atoms. The summed E-state index contributed by atoms with van der Waals surface area (Å²) in [7, 11) is -1.90. The molecule has 4 aromatic heterocycles. The predicted octanol–water partition coefficient (Wildman–Crippen LogP) is 6.97. The largest absolute Gasteiger partial charge is 0.542 e. The summed E-state index contributed by atoms with van der Waals surface area (Å²) in [4.78, 5) is 49.6. The van der Waals surface area contributed by atoms with Gasteiger partial charge in [0.2, 0.25) is 0 Å². The SMILES string of the molecule is C1CCOC1.CC(C)(C)[Si](C)(C)Oc1ccc(NC(=O)N2CCN(c3ccccn3)CC2)nc1.Cl.O=C(Nc1ccc(O)cn1)N1CCN(c2ccccn2)CC1. The normalized spacial score (nSPS) is 15.5. The maximum Gasteiger partial charge on any atom is 0.323 e. The van der Waals surface area contributed by atoms with Crippen molar-refractivity contribution in [1.82, 2.24) is 29.7 Å². The minimum absolute atomic E-state index is 0. The number of urea groups is 2. The van der Waals surface area contributed by atoms with Crippen molar-refractivity contribution in [3.63, 3.8) is 0 Å². The van der Waals surface area contributed by atoms with E-state index >= 15 is 0 Å². The summed E-state index contributed by atoms with van der Waals surface area (Å²) >= 11 is 0. The molecule has 3 fully saturated rings. The second-order valence-electron chi connectivity index (χ2n) is 15.1. The van der Waals surface area contributed by atoms with E-state index in [1.807, 2.05) is 42.5 Å². The third kappa shape index (κ3) is 13.8. The van der Waals surface area contributed by atoms with Crippen molar-refractivity contribution in [3.8, 4) is 11.5 Å². The van der Waals surface area contributed by atoms with E-state index in [0.717, 1.165) is 56.8 Å². The Hall–Kier alpha value is -5.19. The van der Waals surface area contributed by atoms with E-state index in [1.165, 1.54) is 25.1 Å². The summed E-state index contributed by atoms with van der Waals surface area (Å²) in [5, 5.41) is 14.9. The van der Waals surface area contributed by atoms with Gasteiger partial charge in [0.15, 0.2) is 0 Å². The maximum atomic E-state index is 12.6.